The van der Waals surface area contributed by atoms with Gasteiger partial charge in [-0.3, -0.25) is 9.59 Å². The summed E-state index contributed by atoms with van der Waals surface area (Å²) in [5.74, 6) is -0.151. The standard InChI is InChI=1S/C28H25ClIN3O4/c1-16-6-5-7-24(18(16)3)33-28(35)20(14-31)10-19-11-23(30)27(25(12-19)36-4)37-15-26(34)32-21-9-8-17(2)22(29)13-21/h5-13H,15H2,1-4H3,(H,32,34)(H,33,35)/b20-10-. The Morgan fingerprint density at radius 3 is 2.51 bits per heavy atom. The van der Waals surface area contributed by atoms with Crippen LogP contribution in [0.15, 0.2) is 54.1 Å². The first-order valence-electron chi connectivity index (χ1n) is 11.2. The van der Waals surface area contributed by atoms with Crippen molar-refractivity contribution in [3.63, 3.8) is 0 Å². The lowest BCUT2D eigenvalue weighted by molar-refractivity contribution is -0.118. The number of carbonyl (C=O) groups excluding carboxylic acids is 2. The molecule has 2 amide bonds. The maximum atomic E-state index is 12.8. The lowest BCUT2D eigenvalue weighted by atomic mass is 10.1. The average molecular weight is 630 g/mol. The molecule has 190 valence electrons. The number of nitrogens with one attached hydrogen (secondary N) is 2. The lowest BCUT2D eigenvalue weighted by Crippen LogP contribution is -2.20. The lowest BCUT2D eigenvalue weighted by Gasteiger charge is -2.14. The van der Waals surface area contributed by atoms with E-state index in [0.717, 1.165) is 16.7 Å². The van der Waals surface area contributed by atoms with Gasteiger partial charge in [0.25, 0.3) is 11.8 Å². The molecule has 0 spiro atoms. The second-order valence-corrected chi connectivity index (χ2v) is 9.78. The minimum Gasteiger partial charge on any atom is -0.493 e. The molecule has 0 radical (unpaired) electrons. The number of hydrogen-bond acceptors (Lipinski definition) is 5. The summed E-state index contributed by atoms with van der Waals surface area (Å²) >= 11 is 8.16. The molecular weight excluding hydrogens is 605 g/mol. The van der Waals surface area contributed by atoms with Gasteiger partial charge in [-0.15, -0.1) is 0 Å². The maximum absolute atomic E-state index is 12.8. The minimum atomic E-state index is -0.515. The first kappa shape index (κ1) is 28.0. The van der Waals surface area contributed by atoms with Crippen LogP contribution >= 0.6 is 34.2 Å². The van der Waals surface area contributed by atoms with Crippen LogP contribution in [0.5, 0.6) is 11.5 Å². The number of hydrogen-bond donors (Lipinski definition) is 2. The van der Waals surface area contributed by atoms with E-state index < -0.39 is 5.91 Å². The van der Waals surface area contributed by atoms with Crippen molar-refractivity contribution in [1.29, 1.82) is 5.26 Å². The van der Waals surface area contributed by atoms with Crippen molar-refractivity contribution in [2.75, 3.05) is 24.4 Å². The molecule has 3 rings (SSSR count). The molecule has 2 N–H and O–H groups in total. The van der Waals surface area contributed by atoms with Crippen LogP contribution in [-0.4, -0.2) is 25.5 Å². The Bertz CT molecular complexity index is 1430. The van der Waals surface area contributed by atoms with Gasteiger partial charge < -0.3 is 20.1 Å². The zero-order valence-corrected chi connectivity index (χ0v) is 23.7. The largest absolute Gasteiger partial charge is 0.493 e. The van der Waals surface area contributed by atoms with Crippen molar-refractivity contribution in [2.45, 2.75) is 20.8 Å². The number of carbonyl (C=O) groups is 2. The molecule has 9 heteroatoms. The van der Waals surface area contributed by atoms with Gasteiger partial charge in [0.2, 0.25) is 0 Å². The van der Waals surface area contributed by atoms with Crippen LogP contribution in [0.1, 0.15) is 22.3 Å². The predicted octanol–water partition coefficient (Wildman–Crippen LogP) is 6.44. The second kappa shape index (κ2) is 12.6. The Labute approximate surface area is 234 Å². The van der Waals surface area contributed by atoms with Gasteiger partial charge >= 0.3 is 0 Å². The van der Waals surface area contributed by atoms with Gasteiger partial charge in [-0.05, 0) is 102 Å². The zero-order chi connectivity index (χ0) is 27.1. The Hall–Kier alpha value is -3.55. The van der Waals surface area contributed by atoms with E-state index in [2.05, 4.69) is 10.6 Å². The average Bonchev–Trinajstić information content (AvgIpc) is 2.86. The fourth-order valence-electron chi connectivity index (χ4n) is 3.36. The van der Waals surface area contributed by atoms with E-state index in [4.69, 9.17) is 21.1 Å². The highest BCUT2D eigenvalue weighted by Gasteiger charge is 2.16. The maximum Gasteiger partial charge on any atom is 0.266 e. The molecule has 0 saturated heterocycles. The van der Waals surface area contributed by atoms with Crippen LogP contribution in [0.4, 0.5) is 11.4 Å². The number of halogens is 2. The van der Waals surface area contributed by atoms with E-state index in [-0.39, 0.29) is 18.1 Å². The highest BCUT2D eigenvalue weighted by atomic mass is 127. The van der Waals surface area contributed by atoms with Crippen LogP contribution < -0.4 is 20.1 Å². The van der Waals surface area contributed by atoms with Crippen LogP contribution in [0, 0.1) is 35.7 Å². The van der Waals surface area contributed by atoms with Gasteiger partial charge in [0.1, 0.15) is 11.6 Å². The van der Waals surface area contributed by atoms with E-state index in [0.29, 0.717) is 37.0 Å². The summed E-state index contributed by atoms with van der Waals surface area (Å²) in [7, 11) is 1.47. The second-order valence-electron chi connectivity index (χ2n) is 8.21. The molecule has 37 heavy (non-hydrogen) atoms. The Morgan fingerprint density at radius 2 is 1.84 bits per heavy atom. The summed E-state index contributed by atoms with van der Waals surface area (Å²) in [5, 5.41) is 15.7. The van der Waals surface area contributed by atoms with Crippen molar-refractivity contribution < 1.29 is 19.1 Å². The van der Waals surface area contributed by atoms with E-state index >= 15 is 0 Å². The molecule has 0 aliphatic carbocycles. The normalized spacial score (nSPS) is 10.9. The third kappa shape index (κ3) is 7.24. The third-order valence-corrected chi connectivity index (χ3v) is 6.79. The highest BCUT2D eigenvalue weighted by molar-refractivity contribution is 14.1. The van der Waals surface area contributed by atoms with Crippen molar-refractivity contribution in [2.24, 2.45) is 0 Å². The molecular formula is C28H25ClIN3O4. The molecule has 3 aromatic rings. The molecule has 0 aromatic heterocycles. The number of benzene rings is 3. The molecule has 0 unspecified atom stereocenters. The SMILES string of the molecule is COc1cc(/C=C(/C#N)C(=O)Nc2cccc(C)c2C)cc(I)c1OCC(=O)Nc1ccc(C)c(Cl)c1. The summed E-state index contributed by atoms with van der Waals surface area (Å²) in [6.07, 6.45) is 1.47. The number of anilines is 2. The summed E-state index contributed by atoms with van der Waals surface area (Å²) in [6.45, 7) is 5.48. The van der Waals surface area contributed by atoms with Crippen LogP contribution in [0.3, 0.4) is 0 Å². The first-order chi connectivity index (χ1) is 17.6. The summed E-state index contributed by atoms with van der Waals surface area (Å²) in [6, 6.07) is 16.2. The number of aryl methyl sites for hydroxylation is 2. The number of nitrogens with zero attached hydrogens (tertiary/aromatic N) is 1. The van der Waals surface area contributed by atoms with Crippen molar-refractivity contribution in [3.8, 4) is 17.6 Å². The number of methoxy groups -OCH3 is 1. The highest BCUT2D eigenvalue weighted by Crippen LogP contribution is 2.35. The minimum absolute atomic E-state index is 0.0661. The molecule has 0 heterocycles. The van der Waals surface area contributed by atoms with E-state index in [1.165, 1.54) is 13.2 Å². The number of rotatable bonds is 8. The quantitative estimate of drug-likeness (QED) is 0.170. The van der Waals surface area contributed by atoms with Crippen molar-refractivity contribution in [1.82, 2.24) is 0 Å². The summed E-state index contributed by atoms with van der Waals surface area (Å²) in [4.78, 5) is 25.2. The van der Waals surface area contributed by atoms with Crippen molar-refractivity contribution >= 4 is 63.5 Å². The zero-order valence-electron chi connectivity index (χ0n) is 20.7. The molecule has 0 aliphatic heterocycles. The summed E-state index contributed by atoms with van der Waals surface area (Å²) in [5.41, 5.74) is 4.59. The van der Waals surface area contributed by atoms with E-state index in [1.54, 1.807) is 30.3 Å². The van der Waals surface area contributed by atoms with E-state index in [9.17, 15) is 14.9 Å². The smallest absolute Gasteiger partial charge is 0.266 e. The van der Waals surface area contributed by atoms with Gasteiger partial charge in [-0.1, -0.05) is 29.8 Å². The number of amides is 2. The molecule has 0 atom stereocenters. The Kier molecular flexibility index (Phi) is 9.55. The molecule has 0 saturated carbocycles. The molecule has 3 aromatic carbocycles. The fraction of sp³-hybridized carbons (Fsp3) is 0.179. The monoisotopic (exact) mass is 629 g/mol. The fourth-order valence-corrected chi connectivity index (χ4v) is 4.32. The van der Waals surface area contributed by atoms with Crippen LogP contribution in [0.25, 0.3) is 6.08 Å². The van der Waals surface area contributed by atoms with Crippen LogP contribution in [0.2, 0.25) is 5.02 Å². The third-order valence-electron chi connectivity index (χ3n) is 5.58. The molecule has 7 nitrogen and oxygen atoms in total. The topological polar surface area (TPSA) is 100 Å². The van der Waals surface area contributed by atoms with Crippen LogP contribution in [-0.2, 0) is 9.59 Å². The van der Waals surface area contributed by atoms with Gasteiger partial charge in [0.05, 0.1) is 10.7 Å². The van der Waals surface area contributed by atoms with Gasteiger partial charge in [0.15, 0.2) is 18.1 Å². The predicted molar refractivity (Wildman–Crippen MR) is 154 cm³/mol. The van der Waals surface area contributed by atoms with Gasteiger partial charge in [-0.2, -0.15) is 5.26 Å². The molecule has 0 aliphatic rings. The Morgan fingerprint density at radius 1 is 1.08 bits per heavy atom. The number of nitriles is 1. The van der Waals surface area contributed by atoms with Crippen molar-refractivity contribution in [3.05, 3.63) is 85.0 Å². The van der Waals surface area contributed by atoms with Gasteiger partial charge in [0, 0.05) is 16.4 Å². The molecule has 0 bridgehead atoms. The van der Waals surface area contributed by atoms with E-state index in [1.807, 2.05) is 67.6 Å². The molecule has 0 fully saturated rings. The Balaban J connectivity index is 1.75. The van der Waals surface area contributed by atoms with Gasteiger partial charge in [-0.25, -0.2) is 0 Å². The first-order valence-corrected chi connectivity index (χ1v) is 12.6. The number of ether oxygens (including phenoxy) is 2. The summed E-state index contributed by atoms with van der Waals surface area (Å²) < 4.78 is 11.8.